The van der Waals surface area contributed by atoms with Crippen LogP contribution in [0, 0.1) is 6.92 Å². The molecule has 0 bridgehead atoms. The van der Waals surface area contributed by atoms with E-state index >= 15 is 0 Å². The van der Waals surface area contributed by atoms with Crippen molar-refractivity contribution in [3.05, 3.63) is 58.4 Å². The molecule has 0 saturated heterocycles. The highest BCUT2D eigenvalue weighted by atomic mass is 16.4. The number of carbonyl (C=O) groups is 3. The van der Waals surface area contributed by atoms with Crippen molar-refractivity contribution >= 4 is 17.7 Å². The van der Waals surface area contributed by atoms with E-state index in [1.165, 1.54) is 0 Å². The zero-order chi connectivity index (χ0) is 19.4. The second-order valence-electron chi connectivity index (χ2n) is 6.96. The fraction of sp³-hybridized carbons (Fsp3) is 0.381. The molecule has 142 valence electrons. The maximum atomic E-state index is 13.2. The number of ketones is 1. The van der Waals surface area contributed by atoms with Crippen LogP contribution in [0.5, 0.6) is 0 Å². The summed E-state index contributed by atoms with van der Waals surface area (Å²) >= 11 is 0. The van der Waals surface area contributed by atoms with Crippen LogP contribution < -0.4 is 0 Å². The highest BCUT2D eigenvalue weighted by Gasteiger charge is 2.28. The number of amides is 1. The predicted molar refractivity (Wildman–Crippen MR) is 101 cm³/mol. The molecule has 1 heterocycles. The van der Waals surface area contributed by atoms with E-state index in [1.54, 1.807) is 4.90 Å². The van der Waals surface area contributed by atoms with Crippen molar-refractivity contribution in [3.8, 4) is 0 Å². The average Bonchev–Trinajstić information content (AvgIpc) is 2.99. The Bertz CT molecular complexity index is 855. The Labute approximate surface area is 158 Å². The Morgan fingerprint density at radius 1 is 1.19 bits per heavy atom. The first-order valence-electron chi connectivity index (χ1n) is 9.27. The molecule has 0 aliphatic heterocycles. The van der Waals surface area contributed by atoms with Crippen molar-refractivity contribution in [1.82, 2.24) is 9.88 Å². The molecular formula is C21H24N2O4. The van der Waals surface area contributed by atoms with Crippen molar-refractivity contribution in [2.75, 3.05) is 6.54 Å². The molecular weight excluding hydrogens is 344 g/mol. The lowest BCUT2D eigenvalue weighted by Gasteiger charge is -2.22. The number of carboxylic acids is 1. The summed E-state index contributed by atoms with van der Waals surface area (Å²) in [4.78, 5) is 41.1. The lowest BCUT2D eigenvalue weighted by atomic mass is 9.93. The normalized spacial score (nSPS) is 13.3. The molecule has 2 N–H and O–H groups in total. The van der Waals surface area contributed by atoms with Crippen LogP contribution in [0.4, 0.5) is 0 Å². The molecule has 0 spiro atoms. The second-order valence-corrected chi connectivity index (χ2v) is 6.96. The van der Waals surface area contributed by atoms with Gasteiger partial charge in [0.15, 0.2) is 5.78 Å². The number of rotatable bonds is 7. The van der Waals surface area contributed by atoms with Gasteiger partial charge >= 0.3 is 5.97 Å². The minimum absolute atomic E-state index is 0.0112. The van der Waals surface area contributed by atoms with E-state index < -0.39 is 5.97 Å². The molecule has 0 fully saturated rings. The SMILES string of the molecule is Cc1c(C(=O)N(CCCC(=O)O)Cc2ccccc2)[nH]c2c1C(=O)CCC2. The maximum absolute atomic E-state index is 13.2. The van der Waals surface area contributed by atoms with Crippen molar-refractivity contribution in [2.45, 2.75) is 45.6 Å². The Morgan fingerprint density at radius 2 is 1.93 bits per heavy atom. The van der Waals surface area contributed by atoms with Crippen LogP contribution in [0.15, 0.2) is 30.3 Å². The lowest BCUT2D eigenvalue weighted by Crippen LogP contribution is -2.32. The molecule has 6 heteroatoms. The smallest absolute Gasteiger partial charge is 0.303 e. The summed E-state index contributed by atoms with van der Waals surface area (Å²) in [7, 11) is 0. The Morgan fingerprint density at radius 3 is 2.59 bits per heavy atom. The fourth-order valence-corrected chi connectivity index (χ4v) is 3.62. The minimum Gasteiger partial charge on any atom is -0.481 e. The van der Waals surface area contributed by atoms with Crippen molar-refractivity contribution in [3.63, 3.8) is 0 Å². The number of hydrogen-bond donors (Lipinski definition) is 2. The number of aromatic amines is 1. The molecule has 0 saturated carbocycles. The highest BCUT2D eigenvalue weighted by molar-refractivity contribution is 6.04. The first-order valence-corrected chi connectivity index (χ1v) is 9.27. The first kappa shape index (κ1) is 18.9. The average molecular weight is 368 g/mol. The number of fused-ring (bicyclic) bond motifs is 1. The van der Waals surface area contributed by atoms with Crippen LogP contribution in [-0.2, 0) is 17.8 Å². The predicted octanol–water partition coefficient (Wildman–Crippen LogP) is 3.35. The van der Waals surface area contributed by atoms with Gasteiger partial charge in [0.25, 0.3) is 5.91 Å². The standard InChI is InChI=1S/C21H24N2O4/c1-14-19-16(9-5-10-17(19)24)22-20(14)21(27)23(12-6-11-18(25)26)13-15-7-3-2-4-8-15/h2-4,7-8,22H,5-6,9-13H2,1H3,(H,25,26). The molecule has 0 unspecified atom stereocenters. The maximum Gasteiger partial charge on any atom is 0.303 e. The van der Waals surface area contributed by atoms with Crippen molar-refractivity contribution in [1.29, 1.82) is 0 Å². The van der Waals surface area contributed by atoms with Gasteiger partial charge in [-0.25, -0.2) is 0 Å². The van der Waals surface area contributed by atoms with E-state index in [2.05, 4.69) is 4.98 Å². The van der Waals surface area contributed by atoms with Gasteiger partial charge in [-0.05, 0) is 37.3 Å². The van der Waals surface area contributed by atoms with Gasteiger partial charge in [0, 0.05) is 37.2 Å². The van der Waals surface area contributed by atoms with Crippen molar-refractivity contribution in [2.24, 2.45) is 0 Å². The Balaban J connectivity index is 1.85. The number of aryl methyl sites for hydroxylation is 1. The number of H-pyrrole nitrogens is 1. The summed E-state index contributed by atoms with van der Waals surface area (Å²) in [5.41, 5.74) is 3.64. The number of hydrogen-bond acceptors (Lipinski definition) is 3. The molecule has 27 heavy (non-hydrogen) atoms. The molecule has 1 amide bonds. The summed E-state index contributed by atoms with van der Waals surface area (Å²) in [5, 5.41) is 8.91. The molecule has 0 radical (unpaired) electrons. The van der Waals surface area contributed by atoms with Crippen LogP contribution in [0.1, 0.15) is 63.4 Å². The van der Waals surface area contributed by atoms with E-state index in [9.17, 15) is 14.4 Å². The molecule has 2 aromatic rings. The number of aliphatic carboxylic acids is 1. The zero-order valence-electron chi connectivity index (χ0n) is 15.5. The zero-order valence-corrected chi connectivity index (χ0v) is 15.5. The lowest BCUT2D eigenvalue weighted by molar-refractivity contribution is -0.137. The summed E-state index contributed by atoms with van der Waals surface area (Å²) in [6.45, 7) is 2.55. The molecule has 6 nitrogen and oxygen atoms in total. The number of nitrogens with one attached hydrogen (secondary N) is 1. The van der Waals surface area contributed by atoms with Gasteiger partial charge in [0.2, 0.25) is 0 Å². The number of carbonyl (C=O) groups excluding carboxylic acids is 2. The number of aromatic nitrogens is 1. The third kappa shape index (κ3) is 4.27. The quantitative estimate of drug-likeness (QED) is 0.784. The number of Topliss-reactive ketones (excluding diaryl/α,β-unsaturated/α-hetero) is 1. The van der Waals surface area contributed by atoms with E-state index in [-0.39, 0.29) is 18.1 Å². The molecule has 1 aromatic heterocycles. The third-order valence-electron chi connectivity index (χ3n) is 4.97. The van der Waals surface area contributed by atoms with Crippen molar-refractivity contribution < 1.29 is 19.5 Å². The van der Waals surface area contributed by atoms with Gasteiger partial charge in [-0.1, -0.05) is 30.3 Å². The second kappa shape index (κ2) is 8.20. The first-order chi connectivity index (χ1) is 13.0. The van der Waals surface area contributed by atoms with E-state index in [0.29, 0.717) is 42.8 Å². The largest absolute Gasteiger partial charge is 0.481 e. The number of benzene rings is 1. The van der Waals surface area contributed by atoms with E-state index in [4.69, 9.17) is 5.11 Å². The molecule has 1 aliphatic carbocycles. The van der Waals surface area contributed by atoms with E-state index in [0.717, 1.165) is 24.1 Å². The van der Waals surface area contributed by atoms with Gasteiger partial charge < -0.3 is 15.0 Å². The number of carboxylic acid groups (broad SMARTS) is 1. The topological polar surface area (TPSA) is 90.5 Å². The Kier molecular flexibility index (Phi) is 5.74. The van der Waals surface area contributed by atoms with Gasteiger partial charge in [-0.3, -0.25) is 14.4 Å². The molecule has 1 aliphatic rings. The number of nitrogens with zero attached hydrogens (tertiary/aromatic N) is 1. The summed E-state index contributed by atoms with van der Waals surface area (Å²) in [6, 6.07) is 9.61. The van der Waals surface area contributed by atoms with E-state index in [1.807, 2.05) is 37.3 Å². The Hall–Kier alpha value is -2.89. The van der Waals surface area contributed by atoms with Crippen LogP contribution in [0.3, 0.4) is 0 Å². The van der Waals surface area contributed by atoms with Crippen LogP contribution in [-0.4, -0.2) is 39.2 Å². The van der Waals surface area contributed by atoms with Gasteiger partial charge in [0.05, 0.1) is 0 Å². The fourth-order valence-electron chi connectivity index (χ4n) is 3.62. The summed E-state index contributed by atoms with van der Waals surface area (Å²) < 4.78 is 0. The third-order valence-corrected chi connectivity index (χ3v) is 4.97. The summed E-state index contributed by atoms with van der Waals surface area (Å²) in [6.07, 6.45) is 2.48. The van der Waals surface area contributed by atoms with Crippen LogP contribution in [0.2, 0.25) is 0 Å². The monoisotopic (exact) mass is 368 g/mol. The van der Waals surface area contributed by atoms with Gasteiger partial charge in [-0.15, -0.1) is 0 Å². The molecule has 3 rings (SSSR count). The van der Waals surface area contributed by atoms with Crippen LogP contribution in [0.25, 0.3) is 0 Å². The molecule has 0 atom stereocenters. The van der Waals surface area contributed by atoms with Gasteiger partial charge in [0.1, 0.15) is 5.69 Å². The summed E-state index contributed by atoms with van der Waals surface area (Å²) in [5.74, 6) is -0.979. The van der Waals surface area contributed by atoms with Crippen LogP contribution >= 0.6 is 0 Å². The van der Waals surface area contributed by atoms with Gasteiger partial charge in [-0.2, -0.15) is 0 Å². The highest BCUT2D eigenvalue weighted by Crippen LogP contribution is 2.27. The molecule has 1 aromatic carbocycles. The minimum atomic E-state index is -0.876.